The summed E-state index contributed by atoms with van der Waals surface area (Å²) in [5, 5.41) is 3.07. The van der Waals surface area contributed by atoms with Gasteiger partial charge in [-0.1, -0.05) is 24.3 Å². The van der Waals surface area contributed by atoms with Crippen LogP contribution in [0.1, 0.15) is 24.0 Å². The van der Waals surface area contributed by atoms with E-state index in [1.807, 2.05) is 24.5 Å². The maximum atomic E-state index is 13.0. The second kappa shape index (κ2) is 10.7. The van der Waals surface area contributed by atoms with Crippen molar-refractivity contribution in [2.45, 2.75) is 30.5 Å². The van der Waals surface area contributed by atoms with Gasteiger partial charge in [-0.2, -0.15) is 13.2 Å². The Hall–Kier alpha value is -3.11. The number of nitrogens with one attached hydrogen (secondary N) is 1. The minimum Gasteiger partial charge on any atom is -0.355 e. The smallest absolute Gasteiger partial charge is 0.355 e. The molecule has 0 spiro atoms. The number of anilines is 1. The molecule has 1 amide bonds. The third-order valence-corrected chi connectivity index (χ3v) is 8.42. The molecule has 3 heterocycles. The Bertz CT molecular complexity index is 1390. The Morgan fingerprint density at radius 1 is 1.14 bits per heavy atom. The Labute approximate surface area is 221 Å². The summed E-state index contributed by atoms with van der Waals surface area (Å²) in [6.07, 6.45) is 0.839. The fourth-order valence-corrected chi connectivity index (χ4v) is 6.04. The van der Waals surface area contributed by atoms with Crippen molar-refractivity contribution in [3.63, 3.8) is 0 Å². The molecule has 1 aliphatic rings. The van der Waals surface area contributed by atoms with Crippen LogP contribution in [-0.4, -0.2) is 35.2 Å². The van der Waals surface area contributed by atoms with Crippen molar-refractivity contribution in [1.82, 2.24) is 15.3 Å². The molecule has 2 aromatic carbocycles. The van der Waals surface area contributed by atoms with Gasteiger partial charge in [-0.3, -0.25) is 4.79 Å². The molecule has 1 saturated heterocycles. The van der Waals surface area contributed by atoms with Crippen LogP contribution in [0.3, 0.4) is 0 Å². The highest BCUT2D eigenvalue weighted by atomic mass is 32.2. The lowest BCUT2D eigenvalue weighted by Crippen LogP contribution is -2.43. The van der Waals surface area contributed by atoms with Gasteiger partial charge in [-0.25, -0.2) is 9.97 Å². The van der Waals surface area contributed by atoms with Gasteiger partial charge in [0.1, 0.15) is 12.1 Å². The standard InChI is InChI=1S/C27H25F3N4OS2/c1-36-21-10-4-17(5-11-21)14-31-26(35)19-3-2-12-34(15-19)25-24-22(32-16-33-25)13-23(37-24)18-6-8-20(9-7-18)27(28,29)30/h4-11,13,16,19H,2-3,12,14-15H2,1H3,(H,31,35)/t19-/m0/s1. The number of carbonyl (C=O) groups excluding carboxylic acids is 1. The number of benzene rings is 2. The molecule has 0 aliphatic carbocycles. The highest BCUT2D eigenvalue weighted by molar-refractivity contribution is 7.98. The second-order valence-corrected chi connectivity index (χ2v) is 10.9. The first-order chi connectivity index (χ1) is 17.8. The number of thiophene rings is 1. The summed E-state index contributed by atoms with van der Waals surface area (Å²) in [5.74, 6) is 0.637. The molecule has 1 aliphatic heterocycles. The Kier molecular flexibility index (Phi) is 7.39. The van der Waals surface area contributed by atoms with Gasteiger partial charge in [-0.05, 0) is 60.6 Å². The molecule has 1 atom stereocenters. The molecule has 0 radical (unpaired) electrons. The molecule has 1 N–H and O–H groups in total. The van der Waals surface area contributed by atoms with Crippen LogP contribution in [0.5, 0.6) is 0 Å². The molecule has 1 fully saturated rings. The van der Waals surface area contributed by atoms with E-state index in [9.17, 15) is 18.0 Å². The average Bonchev–Trinajstić information content (AvgIpc) is 3.36. The molecule has 37 heavy (non-hydrogen) atoms. The maximum Gasteiger partial charge on any atom is 0.416 e. The maximum absolute atomic E-state index is 13.0. The van der Waals surface area contributed by atoms with Gasteiger partial charge in [0, 0.05) is 29.4 Å². The fraction of sp³-hybridized carbons (Fsp3) is 0.296. The van der Waals surface area contributed by atoms with Crippen LogP contribution in [-0.2, 0) is 17.5 Å². The van der Waals surface area contributed by atoms with Crippen molar-refractivity contribution in [2.75, 3.05) is 24.2 Å². The number of carbonyl (C=O) groups is 1. The monoisotopic (exact) mass is 542 g/mol. The van der Waals surface area contributed by atoms with E-state index in [0.717, 1.165) is 58.0 Å². The molecular weight excluding hydrogens is 517 g/mol. The lowest BCUT2D eigenvalue weighted by Gasteiger charge is -2.33. The van der Waals surface area contributed by atoms with Crippen LogP contribution in [0.25, 0.3) is 20.7 Å². The van der Waals surface area contributed by atoms with Crippen molar-refractivity contribution in [2.24, 2.45) is 5.92 Å². The number of piperidine rings is 1. The quantitative estimate of drug-likeness (QED) is 0.277. The summed E-state index contributed by atoms with van der Waals surface area (Å²) in [5.41, 5.74) is 1.83. The van der Waals surface area contributed by atoms with E-state index in [1.54, 1.807) is 11.8 Å². The van der Waals surface area contributed by atoms with Gasteiger partial charge in [0.15, 0.2) is 0 Å². The van der Waals surface area contributed by atoms with Gasteiger partial charge in [0.25, 0.3) is 0 Å². The number of amides is 1. The summed E-state index contributed by atoms with van der Waals surface area (Å²) < 4.78 is 39.7. The van der Waals surface area contributed by atoms with Crippen molar-refractivity contribution in [3.8, 4) is 10.4 Å². The normalized spacial score (nSPS) is 16.2. The van der Waals surface area contributed by atoms with Crippen LogP contribution >= 0.6 is 23.1 Å². The summed E-state index contributed by atoms with van der Waals surface area (Å²) in [6, 6.07) is 15.2. The number of thioether (sulfide) groups is 1. The van der Waals surface area contributed by atoms with Gasteiger partial charge in [-0.15, -0.1) is 23.1 Å². The first-order valence-corrected chi connectivity index (χ1v) is 13.9. The number of aromatic nitrogens is 2. The number of alkyl halides is 3. The third kappa shape index (κ3) is 5.75. The molecule has 0 saturated carbocycles. The number of hydrogen-bond donors (Lipinski definition) is 1. The zero-order chi connectivity index (χ0) is 26.0. The molecule has 4 aromatic rings. The highest BCUT2D eigenvalue weighted by Gasteiger charge is 2.30. The van der Waals surface area contributed by atoms with Crippen LogP contribution < -0.4 is 10.2 Å². The first kappa shape index (κ1) is 25.5. The van der Waals surface area contributed by atoms with E-state index in [1.165, 1.54) is 34.7 Å². The topological polar surface area (TPSA) is 58.1 Å². The van der Waals surface area contributed by atoms with Crippen LogP contribution in [0.15, 0.2) is 65.8 Å². The largest absolute Gasteiger partial charge is 0.416 e. The molecule has 10 heteroatoms. The van der Waals surface area contributed by atoms with Gasteiger partial charge >= 0.3 is 6.18 Å². The summed E-state index contributed by atoms with van der Waals surface area (Å²) in [4.78, 5) is 26.0. The van der Waals surface area contributed by atoms with Gasteiger partial charge in [0.2, 0.25) is 5.91 Å². The van der Waals surface area contributed by atoms with Gasteiger partial charge < -0.3 is 10.2 Å². The molecule has 0 unspecified atom stereocenters. The minimum absolute atomic E-state index is 0.0283. The summed E-state index contributed by atoms with van der Waals surface area (Å²) in [6.45, 7) is 1.82. The molecule has 0 bridgehead atoms. The second-order valence-electron chi connectivity index (χ2n) is 8.95. The predicted octanol–water partition coefficient (Wildman–Crippen LogP) is 6.63. The van der Waals surface area contributed by atoms with E-state index in [-0.39, 0.29) is 11.8 Å². The highest BCUT2D eigenvalue weighted by Crippen LogP contribution is 2.39. The Morgan fingerprint density at radius 2 is 1.89 bits per heavy atom. The summed E-state index contributed by atoms with van der Waals surface area (Å²) >= 11 is 3.14. The van der Waals surface area contributed by atoms with Crippen LogP contribution in [0.2, 0.25) is 0 Å². The zero-order valence-corrected chi connectivity index (χ0v) is 21.7. The lowest BCUT2D eigenvalue weighted by atomic mass is 9.97. The number of halogens is 3. The van der Waals surface area contributed by atoms with E-state index in [4.69, 9.17) is 0 Å². The van der Waals surface area contributed by atoms with E-state index in [0.29, 0.717) is 18.7 Å². The van der Waals surface area contributed by atoms with Crippen LogP contribution in [0.4, 0.5) is 19.0 Å². The Morgan fingerprint density at radius 3 is 2.59 bits per heavy atom. The number of fused-ring (bicyclic) bond motifs is 1. The van der Waals surface area contributed by atoms with E-state index >= 15 is 0 Å². The third-order valence-electron chi connectivity index (χ3n) is 6.51. The molecule has 5 rings (SSSR count). The van der Waals surface area contributed by atoms with Crippen molar-refractivity contribution >= 4 is 45.0 Å². The number of rotatable bonds is 6. The van der Waals surface area contributed by atoms with Crippen molar-refractivity contribution in [3.05, 3.63) is 72.1 Å². The van der Waals surface area contributed by atoms with Crippen molar-refractivity contribution < 1.29 is 18.0 Å². The summed E-state index contributed by atoms with van der Waals surface area (Å²) in [7, 11) is 0. The molecular formula is C27H25F3N4OS2. The van der Waals surface area contributed by atoms with Gasteiger partial charge in [0.05, 0.1) is 21.7 Å². The minimum atomic E-state index is -4.37. The van der Waals surface area contributed by atoms with Crippen LogP contribution in [0, 0.1) is 5.92 Å². The molecule has 5 nitrogen and oxygen atoms in total. The van der Waals surface area contributed by atoms with Crippen molar-refractivity contribution in [1.29, 1.82) is 0 Å². The first-order valence-electron chi connectivity index (χ1n) is 11.9. The average molecular weight is 543 g/mol. The SMILES string of the molecule is CSc1ccc(CNC(=O)[C@H]2CCCN(c3ncnc4cc(-c5ccc(C(F)(F)F)cc5)sc34)C2)cc1. The lowest BCUT2D eigenvalue weighted by molar-refractivity contribution is -0.137. The molecule has 2 aromatic heterocycles. The number of nitrogens with zero attached hydrogens (tertiary/aromatic N) is 3. The fourth-order valence-electron chi connectivity index (χ4n) is 4.49. The Balaban J connectivity index is 1.30. The van der Waals surface area contributed by atoms with E-state index < -0.39 is 11.7 Å². The predicted molar refractivity (Wildman–Crippen MR) is 143 cm³/mol. The zero-order valence-electron chi connectivity index (χ0n) is 20.1. The number of hydrogen-bond acceptors (Lipinski definition) is 6. The molecule has 192 valence electrons. The van der Waals surface area contributed by atoms with E-state index in [2.05, 4.69) is 32.3 Å².